The van der Waals surface area contributed by atoms with Crippen LogP contribution in [0.5, 0.6) is 11.5 Å². The molecule has 0 radical (unpaired) electrons. The zero-order valence-electron chi connectivity index (χ0n) is 17.9. The van der Waals surface area contributed by atoms with Crippen LogP contribution in [0, 0.1) is 0 Å². The number of hydrogen-bond acceptors (Lipinski definition) is 5. The van der Waals surface area contributed by atoms with Gasteiger partial charge in [-0.25, -0.2) is 4.79 Å². The Morgan fingerprint density at radius 3 is 2.53 bits per heavy atom. The van der Waals surface area contributed by atoms with Gasteiger partial charge in [0, 0.05) is 10.9 Å². The molecule has 4 rings (SSSR count). The Balaban J connectivity index is 1.63. The van der Waals surface area contributed by atoms with Crippen molar-refractivity contribution in [3.05, 3.63) is 88.8 Å². The topological polar surface area (TPSA) is 77.8 Å². The van der Waals surface area contributed by atoms with Gasteiger partial charge in [-0.2, -0.15) is 0 Å². The van der Waals surface area contributed by atoms with Crippen molar-refractivity contribution in [2.75, 3.05) is 19.0 Å². The molecule has 0 saturated heterocycles. The Hall–Kier alpha value is -4.06. The average molecular weight is 429 g/mol. The van der Waals surface area contributed by atoms with E-state index in [9.17, 15) is 9.59 Å². The van der Waals surface area contributed by atoms with Crippen molar-refractivity contribution in [1.29, 1.82) is 0 Å². The molecule has 0 aliphatic carbocycles. The van der Waals surface area contributed by atoms with Gasteiger partial charge in [0.05, 0.1) is 25.0 Å². The Morgan fingerprint density at radius 1 is 1.00 bits per heavy atom. The first-order valence-electron chi connectivity index (χ1n) is 10.3. The average Bonchev–Trinajstić information content (AvgIpc) is 2.82. The van der Waals surface area contributed by atoms with Crippen LogP contribution in [0.25, 0.3) is 22.1 Å². The summed E-state index contributed by atoms with van der Waals surface area (Å²) in [6.45, 7) is 2.66. The molecular weight excluding hydrogens is 406 g/mol. The predicted molar refractivity (Wildman–Crippen MR) is 125 cm³/mol. The van der Waals surface area contributed by atoms with Crippen molar-refractivity contribution in [3.63, 3.8) is 0 Å². The van der Waals surface area contributed by atoms with Crippen LogP contribution in [0.3, 0.4) is 0 Å². The highest BCUT2D eigenvalue weighted by atomic mass is 16.5. The first-order chi connectivity index (χ1) is 15.6. The molecule has 0 unspecified atom stereocenters. The minimum atomic E-state index is -0.450. The number of hydrogen-bond donors (Lipinski definition) is 1. The van der Waals surface area contributed by atoms with E-state index >= 15 is 0 Å². The van der Waals surface area contributed by atoms with Gasteiger partial charge in [0.1, 0.15) is 17.1 Å². The second-order valence-corrected chi connectivity index (χ2v) is 7.23. The molecule has 0 aliphatic rings. The lowest BCUT2D eigenvalue weighted by atomic mass is 10.0. The van der Waals surface area contributed by atoms with Crippen molar-refractivity contribution < 1.29 is 18.7 Å². The van der Waals surface area contributed by atoms with E-state index < -0.39 is 5.63 Å². The third-order valence-electron chi connectivity index (χ3n) is 4.99. The number of nitrogens with one attached hydrogen (secondary N) is 1. The number of ether oxygens (including phenoxy) is 2. The fraction of sp³-hybridized carbons (Fsp3) is 0.154. The van der Waals surface area contributed by atoms with Crippen molar-refractivity contribution in [2.45, 2.75) is 13.3 Å². The SMILES string of the molecule is CCCOc1ccc(C(=O)Nc2cc(-c3cc4ccccc4oc3=O)ccc2OC)cc1. The normalized spacial score (nSPS) is 10.7. The third kappa shape index (κ3) is 4.49. The van der Waals surface area contributed by atoms with E-state index in [2.05, 4.69) is 5.32 Å². The predicted octanol–water partition coefficient (Wildman–Crippen LogP) is 5.51. The summed E-state index contributed by atoms with van der Waals surface area (Å²) < 4.78 is 16.4. The highest BCUT2D eigenvalue weighted by Gasteiger charge is 2.14. The maximum atomic E-state index is 12.8. The van der Waals surface area contributed by atoms with Gasteiger partial charge in [-0.3, -0.25) is 4.79 Å². The van der Waals surface area contributed by atoms with Gasteiger partial charge in [0.2, 0.25) is 0 Å². The van der Waals surface area contributed by atoms with Crippen LogP contribution in [-0.2, 0) is 0 Å². The lowest BCUT2D eigenvalue weighted by molar-refractivity contribution is 0.102. The molecule has 3 aromatic carbocycles. The maximum Gasteiger partial charge on any atom is 0.344 e. The monoisotopic (exact) mass is 429 g/mol. The molecule has 0 saturated carbocycles. The number of carbonyl (C=O) groups excluding carboxylic acids is 1. The summed E-state index contributed by atoms with van der Waals surface area (Å²) in [6, 6.07) is 21.2. The minimum absolute atomic E-state index is 0.298. The number of amides is 1. The number of anilines is 1. The number of fused-ring (bicyclic) bond motifs is 1. The number of benzene rings is 3. The summed E-state index contributed by atoms with van der Waals surface area (Å²) in [7, 11) is 1.52. The van der Waals surface area contributed by atoms with Crippen molar-refractivity contribution >= 4 is 22.6 Å². The second kappa shape index (κ2) is 9.39. The summed E-state index contributed by atoms with van der Waals surface area (Å²) in [5, 5.41) is 3.68. The van der Waals surface area contributed by atoms with Crippen LogP contribution in [0.1, 0.15) is 23.7 Å². The smallest absolute Gasteiger partial charge is 0.344 e. The lowest BCUT2D eigenvalue weighted by Gasteiger charge is -2.13. The number of para-hydroxylation sites is 1. The van der Waals surface area contributed by atoms with E-state index in [-0.39, 0.29) is 5.91 Å². The summed E-state index contributed by atoms with van der Waals surface area (Å²) in [4.78, 5) is 25.4. The van der Waals surface area contributed by atoms with E-state index in [0.717, 1.165) is 11.8 Å². The molecule has 0 bridgehead atoms. The van der Waals surface area contributed by atoms with Crippen molar-refractivity contribution in [2.24, 2.45) is 0 Å². The largest absolute Gasteiger partial charge is 0.495 e. The van der Waals surface area contributed by atoms with Crippen LogP contribution in [-0.4, -0.2) is 19.6 Å². The Morgan fingerprint density at radius 2 is 1.78 bits per heavy atom. The molecule has 32 heavy (non-hydrogen) atoms. The summed E-state index contributed by atoms with van der Waals surface area (Å²) in [5.41, 5.74) is 2.02. The molecule has 1 amide bonds. The molecule has 0 aliphatic heterocycles. The van der Waals surface area contributed by atoms with Crippen LogP contribution >= 0.6 is 0 Å². The molecule has 162 valence electrons. The molecule has 0 fully saturated rings. The fourth-order valence-electron chi connectivity index (χ4n) is 3.35. The Kier molecular flexibility index (Phi) is 6.22. The summed E-state index contributed by atoms with van der Waals surface area (Å²) in [6.07, 6.45) is 0.911. The van der Waals surface area contributed by atoms with E-state index in [1.807, 2.05) is 25.1 Å². The molecule has 0 spiro atoms. The maximum absolute atomic E-state index is 12.8. The Labute approximate surface area is 185 Å². The zero-order valence-corrected chi connectivity index (χ0v) is 17.9. The van der Waals surface area contributed by atoms with Gasteiger partial charge in [-0.15, -0.1) is 0 Å². The highest BCUT2D eigenvalue weighted by Crippen LogP contribution is 2.31. The summed E-state index contributed by atoms with van der Waals surface area (Å²) >= 11 is 0. The molecule has 0 atom stereocenters. The molecule has 4 aromatic rings. The minimum Gasteiger partial charge on any atom is -0.495 e. The van der Waals surface area contributed by atoms with Crippen LogP contribution < -0.4 is 20.4 Å². The van der Waals surface area contributed by atoms with Crippen molar-refractivity contribution in [3.8, 4) is 22.6 Å². The zero-order chi connectivity index (χ0) is 22.5. The summed E-state index contributed by atoms with van der Waals surface area (Å²) in [5.74, 6) is 0.897. The molecule has 6 heteroatoms. The molecule has 6 nitrogen and oxygen atoms in total. The van der Waals surface area contributed by atoms with Crippen LogP contribution in [0.4, 0.5) is 5.69 Å². The number of carbonyl (C=O) groups is 1. The lowest BCUT2D eigenvalue weighted by Crippen LogP contribution is -2.13. The van der Waals surface area contributed by atoms with Gasteiger partial charge in [-0.05, 0) is 60.5 Å². The highest BCUT2D eigenvalue weighted by molar-refractivity contribution is 6.05. The first-order valence-corrected chi connectivity index (χ1v) is 10.3. The van der Waals surface area contributed by atoms with Crippen LogP contribution in [0.15, 0.2) is 82.0 Å². The van der Waals surface area contributed by atoms with Gasteiger partial charge in [-0.1, -0.05) is 31.2 Å². The standard InChI is InChI=1S/C26H23NO5/c1-3-14-31-20-11-8-17(9-12-20)25(28)27-22-16-18(10-13-24(22)30-2)21-15-19-6-4-5-7-23(19)32-26(21)29/h4-13,15-16H,3,14H2,1-2H3,(H,27,28). The van der Waals surface area contributed by atoms with E-state index in [1.165, 1.54) is 7.11 Å². The molecule has 1 aromatic heterocycles. The van der Waals surface area contributed by atoms with Gasteiger partial charge < -0.3 is 19.2 Å². The third-order valence-corrected chi connectivity index (χ3v) is 4.99. The molecule has 1 N–H and O–H groups in total. The van der Waals surface area contributed by atoms with Gasteiger partial charge in [0.15, 0.2) is 0 Å². The van der Waals surface area contributed by atoms with Crippen molar-refractivity contribution in [1.82, 2.24) is 0 Å². The number of methoxy groups -OCH3 is 1. The van der Waals surface area contributed by atoms with Crippen LogP contribution in [0.2, 0.25) is 0 Å². The van der Waals surface area contributed by atoms with Gasteiger partial charge in [0.25, 0.3) is 5.91 Å². The van der Waals surface area contributed by atoms with Gasteiger partial charge >= 0.3 is 5.63 Å². The second-order valence-electron chi connectivity index (χ2n) is 7.23. The Bertz CT molecular complexity index is 1310. The first kappa shape index (κ1) is 21.2. The van der Waals surface area contributed by atoms with E-state index in [1.54, 1.807) is 54.6 Å². The molecule has 1 heterocycles. The molecular formula is C26H23NO5. The fourth-order valence-corrected chi connectivity index (χ4v) is 3.35. The van der Waals surface area contributed by atoms with E-state index in [0.29, 0.717) is 46.1 Å². The quantitative estimate of drug-likeness (QED) is 0.392. The number of rotatable bonds is 7. The van der Waals surface area contributed by atoms with E-state index in [4.69, 9.17) is 13.9 Å².